The van der Waals surface area contributed by atoms with Crippen LogP contribution in [0.4, 0.5) is 0 Å². The molecule has 0 aliphatic carbocycles. The molecule has 3 aromatic rings. The van der Waals surface area contributed by atoms with Gasteiger partial charge in [0.25, 0.3) is 11.8 Å². The Morgan fingerprint density at radius 3 is 2.46 bits per heavy atom. The lowest BCUT2D eigenvalue weighted by atomic mass is 9.99. The number of nitrogens with zero attached hydrogens (tertiary/aromatic N) is 2. The average molecular weight is 475 g/mol. The van der Waals surface area contributed by atoms with Crippen LogP contribution in [0.2, 0.25) is 0 Å². The Hall–Kier alpha value is -3.94. The van der Waals surface area contributed by atoms with Crippen LogP contribution in [0, 0.1) is 0 Å². The third-order valence-corrected chi connectivity index (χ3v) is 5.77. The van der Waals surface area contributed by atoms with Gasteiger partial charge in [0.15, 0.2) is 5.69 Å². The summed E-state index contributed by atoms with van der Waals surface area (Å²) < 4.78 is 5.54. The van der Waals surface area contributed by atoms with Gasteiger partial charge in [-0.3, -0.25) is 9.59 Å². The number of aromatic amines is 1. The van der Waals surface area contributed by atoms with E-state index in [1.165, 1.54) is 11.9 Å². The van der Waals surface area contributed by atoms with Crippen molar-refractivity contribution in [1.82, 2.24) is 20.2 Å². The first-order valence-corrected chi connectivity index (χ1v) is 11.7. The van der Waals surface area contributed by atoms with Crippen molar-refractivity contribution in [3.8, 4) is 0 Å². The van der Waals surface area contributed by atoms with Crippen LogP contribution in [-0.2, 0) is 28.9 Å². The maximum absolute atomic E-state index is 13.3. The fourth-order valence-corrected chi connectivity index (χ4v) is 4.10. The molecule has 8 nitrogen and oxygen atoms in total. The van der Waals surface area contributed by atoms with Gasteiger partial charge in [0.2, 0.25) is 0 Å². The quantitative estimate of drug-likeness (QED) is 0.534. The van der Waals surface area contributed by atoms with Crippen molar-refractivity contribution in [2.75, 3.05) is 6.54 Å². The highest BCUT2D eigenvalue weighted by Gasteiger charge is 2.31. The highest BCUT2D eigenvalue weighted by Crippen LogP contribution is 2.21. The number of carbonyl (C=O) groups excluding carboxylic acids is 3. The van der Waals surface area contributed by atoms with Crippen molar-refractivity contribution in [1.29, 1.82) is 0 Å². The zero-order chi connectivity index (χ0) is 25.0. The number of hydrogen-bond donors (Lipinski definition) is 2. The molecule has 2 aromatic carbocycles. The van der Waals surface area contributed by atoms with E-state index in [1.807, 2.05) is 48.5 Å². The second-order valence-corrected chi connectivity index (χ2v) is 9.62. The van der Waals surface area contributed by atoms with E-state index in [2.05, 4.69) is 21.4 Å². The molecule has 2 N–H and O–H groups in total. The molecule has 0 saturated heterocycles. The van der Waals surface area contributed by atoms with E-state index in [4.69, 9.17) is 4.74 Å². The summed E-state index contributed by atoms with van der Waals surface area (Å²) in [6.45, 7) is 6.32. The molecule has 0 unspecified atom stereocenters. The molecule has 2 heterocycles. The van der Waals surface area contributed by atoms with E-state index >= 15 is 0 Å². The van der Waals surface area contributed by atoms with Gasteiger partial charge in [-0.05, 0) is 43.9 Å². The predicted molar refractivity (Wildman–Crippen MR) is 131 cm³/mol. The summed E-state index contributed by atoms with van der Waals surface area (Å²) >= 11 is 0. The van der Waals surface area contributed by atoms with Gasteiger partial charge < -0.3 is 19.9 Å². The molecule has 2 amide bonds. The van der Waals surface area contributed by atoms with Crippen LogP contribution < -0.4 is 5.32 Å². The standard InChI is InChI=1S/C27H30N4O4/c1-27(2,3)35-26(34)21(15-18-9-5-4-6-10-18)30-24(32)22-23(29-17-28-22)25(33)31-14-13-19-11-7-8-12-20(19)16-31/h4-12,17,21H,13-16H2,1-3H3,(H,28,29)(H,30,32)/t21-/m0/s1. The number of benzene rings is 2. The summed E-state index contributed by atoms with van der Waals surface area (Å²) in [7, 11) is 0. The van der Waals surface area contributed by atoms with Gasteiger partial charge in [-0.25, -0.2) is 9.78 Å². The third kappa shape index (κ3) is 5.95. The molecular weight excluding hydrogens is 444 g/mol. The van der Waals surface area contributed by atoms with Gasteiger partial charge in [0.1, 0.15) is 17.3 Å². The molecule has 1 aliphatic rings. The number of imidazole rings is 1. The lowest BCUT2D eigenvalue weighted by Crippen LogP contribution is -2.46. The number of nitrogens with one attached hydrogen (secondary N) is 2. The lowest BCUT2D eigenvalue weighted by molar-refractivity contribution is -0.157. The van der Waals surface area contributed by atoms with Crippen molar-refractivity contribution >= 4 is 17.8 Å². The summed E-state index contributed by atoms with van der Waals surface area (Å²) in [5.74, 6) is -1.47. The number of H-pyrrole nitrogens is 1. The molecule has 8 heteroatoms. The monoisotopic (exact) mass is 474 g/mol. The minimum atomic E-state index is -0.939. The zero-order valence-electron chi connectivity index (χ0n) is 20.2. The molecular formula is C27H30N4O4. The Morgan fingerprint density at radius 2 is 1.74 bits per heavy atom. The van der Waals surface area contributed by atoms with Crippen molar-refractivity contribution in [2.24, 2.45) is 0 Å². The molecule has 4 rings (SSSR count). The van der Waals surface area contributed by atoms with Crippen LogP contribution >= 0.6 is 0 Å². The molecule has 0 bridgehead atoms. The first kappa shape index (κ1) is 24.2. The summed E-state index contributed by atoms with van der Waals surface area (Å²) in [4.78, 5) is 48.0. The summed E-state index contributed by atoms with van der Waals surface area (Å²) in [5.41, 5.74) is 2.52. The van der Waals surface area contributed by atoms with Crippen LogP contribution in [0.25, 0.3) is 0 Å². The van der Waals surface area contributed by atoms with Crippen molar-refractivity contribution in [2.45, 2.75) is 51.8 Å². The highest BCUT2D eigenvalue weighted by atomic mass is 16.6. The molecule has 0 saturated carbocycles. The molecule has 1 atom stereocenters. The topological polar surface area (TPSA) is 104 Å². The van der Waals surface area contributed by atoms with Gasteiger partial charge >= 0.3 is 5.97 Å². The van der Waals surface area contributed by atoms with Gasteiger partial charge in [-0.1, -0.05) is 54.6 Å². The maximum Gasteiger partial charge on any atom is 0.329 e. The van der Waals surface area contributed by atoms with Gasteiger partial charge in [0.05, 0.1) is 6.33 Å². The molecule has 0 fully saturated rings. The molecule has 35 heavy (non-hydrogen) atoms. The number of hydrogen-bond acceptors (Lipinski definition) is 5. The van der Waals surface area contributed by atoms with Crippen molar-refractivity contribution < 1.29 is 19.1 Å². The van der Waals surface area contributed by atoms with E-state index < -0.39 is 23.5 Å². The Kier molecular flexibility index (Phi) is 7.00. The summed E-state index contributed by atoms with van der Waals surface area (Å²) in [6.07, 6.45) is 2.31. The normalized spacial score (nSPS) is 14.1. The molecule has 182 valence electrons. The fourth-order valence-electron chi connectivity index (χ4n) is 4.10. The van der Waals surface area contributed by atoms with E-state index in [0.717, 1.165) is 17.5 Å². The Morgan fingerprint density at radius 1 is 1.06 bits per heavy atom. The number of fused-ring (bicyclic) bond motifs is 1. The van der Waals surface area contributed by atoms with Crippen LogP contribution in [0.15, 0.2) is 60.9 Å². The Balaban J connectivity index is 1.52. The molecule has 1 aliphatic heterocycles. The molecule has 0 radical (unpaired) electrons. The number of esters is 1. The minimum absolute atomic E-state index is 0.0459. The lowest BCUT2D eigenvalue weighted by Gasteiger charge is -2.28. The SMILES string of the molecule is CC(C)(C)OC(=O)[C@H](Cc1ccccc1)NC(=O)c1nc[nH]c1C(=O)N1CCc2ccccc2C1. The molecule has 0 spiro atoms. The number of carbonyl (C=O) groups is 3. The van der Waals surface area contributed by atoms with Crippen LogP contribution in [-0.4, -0.2) is 50.8 Å². The maximum atomic E-state index is 13.3. The minimum Gasteiger partial charge on any atom is -0.458 e. The van der Waals surface area contributed by atoms with Gasteiger partial charge in [0, 0.05) is 19.5 Å². The van der Waals surface area contributed by atoms with E-state index in [-0.39, 0.29) is 23.7 Å². The number of rotatable bonds is 6. The second kappa shape index (κ2) is 10.1. The highest BCUT2D eigenvalue weighted by molar-refractivity contribution is 6.05. The van der Waals surface area contributed by atoms with Crippen molar-refractivity contribution in [3.63, 3.8) is 0 Å². The van der Waals surface area contributed by atoms with Crippen molar-refractivity contribution in [3.05, 3.63) is 89.0 Å². The second-order valence-electron chi connectivity index (χ2n) is 9.62. The number of amides is 2. The molecule has 1 aromatic heterocycles. The Bertz CT molecular complexity index is 1210. The summed E-state index contributed by atoms with van der Waals surface area (Å²) in [6, 6.07) is 16.4. The smallest absolute Gasteiger partial charge is 0.329 e. The third-order valence-electron chi connectivity index (χ3n) is 5.77. The Labute approximate surface area is 204 Å². The van der Waals surface area contributed by atoms with Crippen LogP contribution in [0.5, 0.6) is 0 Å². The van der Waals surface area contributed by atoms with Crippen LogP contribution in [0.1, 0.15) is 58.4 Å². The number of aromatic nitrogens is 2. The van der Waals surface area contributed by atoms with Gasteiger partial charge in [-0.2, -0.15) is 0 Å². The average Bonchev–Trinajstić information content (AvgIpc) is 3.32. The first-order chi connectivity index (χ1) is 16.7. The number of ether oxygens (including phenoxy) is 1. The van der Waals surface area contributed by atoms with E-state index in [1.54, 1.807) is 25.7 Å². The van der Waals surface area contributed by atoms with E-state index in [9.17, 15) is 14.4 Å². The predicted octanol–water partition coefficient (Wildman–Crippen LogP) is 3.29. The summed E-state index contributed by atoms with van der Waals surface area (Å²) in [5, 5.41) is 2.74. The fraction of sp³-hybridized carbons (Fsp3) is 0.333. The first-order valence-electron chi connectivity index (χ1n) is 11.7. The van der Waals surface area contributed by atoms with E-state index in [0.29, 0.717) is 13.1 Å². The van der Waals surface area contributed by atoms with Crippen LogP contribution in [0.3, 0.4) is 0 Å². The largest absolute Gasteiger partial charge is 0.458 e. The zero-order valence-corrected chi connectivity index (χ0v) is 20.2. The van der Waals surface area contributed by atoms with Gasteiger partial charge in [-0.15, -0.1) is 0 Å².